The second-order valence-corrected chi connectivity index (χ2v) is 9.81. The van der Waals surface area contributed by atoms with Crippen LogP contribution in [0.1, 0.15) is 42.7 Å². The third-order valence-electron chi connectivity index (χ3n) is 5.48. The monoisotopic (exact) mass is 516 g/mol. The summed E-state index contributed by atoms with van der Waals surface area (Å²) in [5.41, 5.74) is 10.2. The minimum Gasteiger partial charge on any atom is -0.369 e. The van der Waals surface area contributed by atoms with Crippen LogP contribution in [0, 0.1) is 0 Å². The summed E-state index contributed by atoms with van der Waals surface area (Å²) in [5.74, 6) is -0.114. The maximum Gasteiger partial charge on any atom is 0.366 e. The van der Waals surface area contributed by atoms with E-state index >= 15 is 0 Å². The summed E-state index contributed by atoms with van der Waals surface area (Å²) >= 11 is 0. The van der Waals surface area contributed by atoms with Crippen molar-refractivity contribution in [2.45, 2.75) is 46.1 Å². The first-order valence-corrected chi connectivity index (χ1v) is 12.8. The van der Waals surface area contributed by atoms with Crippen LogP contribution in [0.25, 0.3) is 10.9 Å². The quantitative estimate of drug-likeness (QED) is 0.124. The van der Waals surface area contributed by atoms with Crippen molar-refractivity contribution in [2.75, 3.05) is 6.16 Å². The number of carbonyl (C=O) groups is 1. The molecular formula is C25H31N2Na2O5P. The van der Waals surface area contributed by atoms with Gasteiger partial charge in [-0.05, 0) is 42.5 Å². The Morgan fingerprint density at radius 1 is 1.14 bits per heavy atom. The molecule has 0 saturated carbocycles. The number of benzene rings is 2. The van der Waals surface area contributed by atoms with Crippen molar-refractivity contribution in [3.63, 3.8) is 0 Å². The number of allylic oxidation sites excluding steroid dienone is 1. The Balaban J connectivity index is 0.00000306. The number of hydrogen-bond acceptors (Lipinski definition) is 4. The Morgan fingerprint density at radius 2 is 1.83 bits per heavy atom. The molecule has 7 nitrogen and oxygen atoms in total. The Morgan fingerprint density at radius 3 is 2.40 bits per heavy atom. The number of aromatic nitrogens is 1. The summed E-state index contributed by atoms with van der Waals surface area (Å²) in [6.07, 6.45) is 3.40. The van der Waals surface area contributed by atoms with Gasteiger partial charge in [-0.25, -0.2) is 0 Å². The molecule has 1 heterocycles. The number of nitrogens with two attached hydrogens (primary N) is 1. The molecule has 3 N–H and O–H groups in total. The average Bonchev–Trinajstić information content (AvgIpc) is 3.06. The van der Waals surface area contributed by atoms with Crippen LogP contribution in [0.15, 0.2) is 55.1 Å². The molecule has 0 spiro atoms. The first-order valence-electron chi connectivity index (χ1n) is 11.1. The van der Waals surface area contributed by atoms with Gasteiger partial charge in [-0.2, -0.15) is 0 Å². The smallest absolute Gasteiger partial charge is 0.366 e. The van der Waals surface area contributed by atoms with E-state index in [4.69, 9.17) is 15.3 Å². The van der Waals surface area contributed by atoms with E-state index in [9.17, 15) is 14.3 Å². The Kier molecular flexibility index (Phi) is 13.6. The zero-order chi connectivity index (χ0) is 24.0. The molecular weight excluding hydrogens is 485 g/mol. The fourth-order valence-corrected chi connectivity index (χ4v) is 5.03. The first-order chi connectivity index (χ1) is 15.8. The minimum absolute atomic E-state index is 0. The molecule has 35 heavy (non-hydrogen) atoms. The molecule has 2 radical (unpaired) electrons. The molecule has 1 aromatic heterocycles. The normalized spacial score (nSPS) is 12.3. The van der Waals surface area contributed by atoms with Crippen LogP contribution >= 0.6 is 7.60 Å². The molecule has 2 aromatic carbocycles. The number of fused-ring (bicyclic) bond motifs is 1. The Labute approximate surface area is 251 Å². The van der Waals surface area contributed by atoms with Gasteiger partial charge >= 0.3 is 7.60 Å². The summed E-state index contributed by atoms with van der Waals surface area (Å²) in [5, 5.41) is 0.839. The zero-order valence-electron chi connectivity index (χ0n) is 21.1. The maximum absolute atomic E-state index is 12.2. The molecule has 0 aliphatic carbocycles. The third kappa shape index (κ3) is 8.06. The Hall–Kier alpha value is -0.860. The van der Waals surface area contributed by atoms with Crippen molar-refractivity contribution < 1.29 is 23.8 Å². The van der Waals surface area contributed by atoms with Crippen molar-refractivity contribution in [1.82, 2.24) is 4.57 Å². The molecule has 3 rings (SSSR count). The molecule has 178 valence electrons. The molecule has 0 saturated heterocycles. The van der Waals surface area contributed by atoms with Crippen LogP contribution in [0.5, 0.6) is 5.75 Å². The van der Waals surface area contributed by atoms with Crippen LogP contribution in [0.3, 0.4) is 0 Å². The standard InChI is InChI=1S/C25H31N2O5P.2Na/c1-4-10-19-23(31-32-33(29,30)15-5-2)14-13-22-25(19)20(16-24(26)28)21(6-3)27(22)17-18-11-8-7-9-12-18;;/h4,7-9,11-14H,1,5-6,10,15-17H2,2-3H3,(H2,26,28)(H,29,30);;. The summed E-state index contributed by atoms with van der Waals surface area (Å²) < 4.78 is 19.3. The molecule has 1 unspecified atom stereocenters. The molecule has 0 bridgehead atoms. The van der Waals surface area contributed by atoms with E-state index < -0.39 is 13.5 Å². The van der Waals surface area contributed by atoms with Crippen LogP contribution in [0.2, 0.25) is 0 Å². The first kappa shape index (κ1) is 32.2. The predicted octanol–water partition coefficient (Wildman–Crippen LogP) is 4.15. The second kappa shape index (κ2) is 14.8. The molecule has 0 fully saturated rings. The number of rotatable bonds is 12. The fraction of sp³-hybridized carbons (Fsp3) is 0.320. The van der Waals surface area contributed by atoms with E-state index in [-0.39, 0.29) is 71.7 Å². The molecule has 0 aliphatic heterocycles. The number of hydrogen-bond donors (Lipinski definition) is 2. The van der Waals surface area contributed by atoms with Gasteiger partial charge in [-0.15, -0.1) is 6.58 Å². The van der Waals surface area contributed by atoms with Crippen molar-refractivity contribution in [3.05, 3.63) is 77.5 Å². The van der Waals surface area contributed by atoms with E-state index in [1.165, 1.54) is 0 Å². The van der Waals surface area contributed by atoms with Crippen LogP contribution in [-0.4, -0.2) is 80.6 Å². The second-order valence-electron chi connectivity index (χ2n) is 7.94. The molecule has 0 aliphatic rings. The van der Waals surface area contributed by atoms with Crippen LogP contribution in [-0.2, 0) is 39.8 Å². The molecule has 3 aromatic rings. The third-order valence-corrected chi connectivity index (χ3v) is 6.80. The summed E-state index contributed by atoms with van der Waals surface area (Å²) in [6.45, 7) is 8.32. The van der Waals surface area contributed by atoms with Gasteiger partial charge in [0.05, 0.1) is 12.6 Å². The van der Waals surface area contributed by atoms with E-state index in [0.29, 0.717) is 31.6 Å². The molecule has 1 atom stereocenters. The number of primary amides is 1. The largest absolute Gasteiger partial charge is 0.369 e. The SMILES string of the molecule is C=CCc1c(OOP(=O)(O)CCC)ccc2c1c(CC(N)=O)c(CC)n2Cc1ccccc1.[Na].[Na]. The van der Waals surface area contributed by atoms with Crippen LogP contribution < -0.4 is 10.6 Å². The number of carbonyl (C=O) groups excluding carboxylic acids is 1. The predicted molar refractivity (Wildman–Crippen MR) is 142 cm³/mol. The van der Waals surface area contributed by atoms with E-state index in [1.807, 2.05) is 31.2 Å². The van der Waals surface area contributed by atoms with Crippen molar-refractivity contribution >= 4 is 83.5 Å². The van der Waals surface area contributed by atoms with Crippen molar-refractivity contribution in [1.29, 1.82) is 0 Å². The average molecular weight is 516 g/mol. The summed E-state index contributed by atoms with van der Waals surface area (Å²) in [7, 11) is -3.87. The van der Waals surface area contributed by atoms with Crippen molar-refractivity contribution in [2.24, 2.45) is 5.73 Å². The zero-order valence-corrected chi connectivity index (χ0v) is 26.0. The van der Waals surface area contributed by atoms with Gasteiger partial charge in [-0.3, -0.25) is 9.36 Å². The van der Waals surface area contributed by atoms with Gasteiger partial charge in [0.25, 0.3) is 0 Å². The minimum atomic E-state index is -3.87. The van der Waals surface area contributed by atoms with Gasteiger partial charge in [0.15, 0.2) is 5.75 Å². The fourth-order valence-electron chi connectivity index (χ4n) is 4.19. The Bertz CT molecular complexity index is 1200. The van der Waals surface area contributed by atoms with Crippen LogP contribution in [0.4, 0.5) is 0 Å². The van der Waals surface area contributed by atoms with Crippen molar-refractivity contribution in [3.8, 4) is 5.75 Å². The van der Waals surface area contributed by atoms with Gasteiger partial charge in [0.2, 0.25) is 5.91 Å². The summed E-state index contributed by atoms with van der Waals surface area (Å²) in [6, 6.07) is 13.7. The number of nitrogens with zero attached hydrogens (tertiary/aromatic N) is 1. The van der Waals surface area contributed by atoms with E-state index in [1.54, 1.807) is 19.1 Å². The topological polar surface area (TPSA) is 104 Å². The maximum atomic E-state index is 12.2. The van der Waals surface area contributed by atoms with E-state index in [0.717, 1.165) is 33.3 Å². The van der Waals surface area contributed by atoms with Gasteiger partial charge in [0.1, 0.15) is 0 Å². The van der Waals surface area contributed by atoms with Gasteiger partial charge in [-0.1, -0.05) is 54.9 Å². The molecule has 1 amide bonds. The van der Waals surface area contributed by atoms with Gasteiger partial charge < -0.3 is 20.1 Å². The number of amides is 1. The molecule has 10 heteroatoms. The van der Waals surface area contributed by atoms with E-state index in [2.05, 4.69) is 23.3 Å². The van der Waals surface area contributed by atoms with Gasteiger partial charge in [0, 0.05) is 87.8 Å². The summed E-state index contributed by atoms with van der Waals surface area (Å²) in [4.78, 5) is 27.3.